The van der Waals surface area contributed by atoms with Gasteiger partial charge >= 0.3 is 0 Å². The van der Waals surface area contributed by atoms with Gasteiger partial charge in [-0.1, -0.05) is 17.7 Å². The summed E-state index contributed by atoms with van der Waals surface area (Å²) in [6.45, 7) is 7.09. The largest absolute Gasteiger partial charge is 0.381 e. The third-order valence-electron chi connectivity index (χ3n) is 5.04. The SMILES string of the molecule is CC(C)=C/C(=C\N(C)C=O)c1nc2ccc(CN)cc2n1CC1CCOCC1. The van der Waals surface area contributed by atoms with Gasteiger partial charge in [0.25, 0.3) is 0 Å². The highest BCUT2D eigenvalue weighted by Crippen LogP contribution is 2.28. The zero-order valence-corrected chi connectivity index (χ0v) is 17.0. The van der Waals surface area contributed by atoms with Crippen LogP contribution in [0.25, 0.3) is 16.6 Å². The van der Waals surface area contributed by atoms with E-state index in [0.29, 0.717) is 12.5 Å². The molecule has 0 spiro atoms. The molecule has 0 unspecified atom stereocenters. The number of hydrogen-bond donors (Lipinski definition) is 1. The van der Waals surface area contributed by atoms with Crippen LogP contribution in [-0.2, 0) is 22.6 Å². The number of nitrogens with zero attached hydrogens (tertiary/aromatic N) is 3. The predicted octanol–water partition coefficient (Wildman–Crippen LogP) is 3.32. The lowest BCUT2D eigenvalue weighted by atomic mass is 10.00. The van der Waals surface area contributed by atoms with Gasteiger partial charge in [-0.25, -0.2) is 4.98 Å². The molecule has 0 saturated carbocycles. The number of carbonyl (C=O) groups is 1. The van der Waals surface area contributed by atoms with Gasteiger partial charge in [0.2, 0.25) is 6.41 Å². The summed E-state index contributed by atoms with van der Waals surface area (Å²) in [6.07, 6.45) is 6.81. The van der Waals surface area contributed by atoms with Crippen LogP contribution in [0.5, 0.6) is 0 Å². The molecule has 1 saturated heterocycles. The minimum Gasteiger partial charge on any atom is -0.381 e. The number of ether oxygens (including phenoxy) is 1. The van der Waals surface area contributed by atoms with E-state index in [-0.39, 0.29) is 0 Å². The summed E-state index contributed by atoms with van der Waals surface area (Å²) in [4.78, 5) is 17.7. The molecule has 1 aliphatic rings. The number of aromatic nitrogens is 2. The second-order valence-electron chi connectivity index (χ2n) is 7.71. The maximum absolute atomic E-state index is 11.2. The van der Waals surface area contributed by atoms with Crippen LogP contribution in [0.3, 0.4) is 0 Å². The Kier molecular flexibility index (Phi) is 6.65. The summed E-state index contributed by atoms with van der Waals surface area (Å²) in [5.41, 5.74) is 11.1. The number of carbonyl (C=O) groups excluding carboxylic acids is 1. The third kappa shape index (κ3) is 4.69. The van der Waals surface area contributed by atoms with E-state index in [9.17, 15) is 4.79 Å². The normalized spacial score (nSPS) is 15.6. The van der Waals surface area contributed by atoms with Crippen molar-refractivity contribution in [3.63, 3.8) is 0 Å². The quantitative estimate of drug-likeness (QED) is 0.589. The minimum absolute atomic E-state index is 0.498. The first-order valence-corrected chi connectivity index (χ1v) is 9.83. The molecule has 150 valence electrons. The van der Waals surface area contributed by atoms with E-state index in [4.69, 9.17) is 15.5 Å². The van der Waals surface area contributed by atoms with Crippen LogP contribution >= 0.6 is 0 Å². The van der Waals surface area contributed by atoms with Crippen molar-refractivity contribution in [2.75, 3.05) is 20.3 Å². The molecule has 2 N–H and O–H groups in total. The second kappa shape index (κ2) is 9.17. The van der Waals surface area contributed by atoms with Crippen molar-refractivity contribution in [1.29, 1.82) is 0 Å². The van der Waals surface area contributed by atoms with Gasteiger partial charge in [-0.15, -0.1) is 0 Å². The number of rotatable bonds is 7. The number of nitrogens with two attached hydrogens (primary N) is 1. The molecule has 28 heavy (non-hydrogen) atoms. The Labute approximate surface area is 166 Å². The molecule has 1 amide bonds. The lowest BCUT2D eigenvalue weighted by Gasteiger charge is -2.24. The molecule has 2 heterocycles. The minimum atomic E-state index is 0.498. The van der Waals surface area contributed by atoms with Crippen LogP contribution in [0, 0.1) is 5.92 Å². The van der Waals surface area contributed by atoms with Crippen molar-refractivity contribution < 1.29 is 9.53 Å². The Bertz CT molecular complexity index is 887. The van der Waals surface area contributed by atoms with Crippen LogP contribution in [0.2, 0.25) is 0 Å². The molecule has 1 aromatic carbocycles. The average Bonchev–Trinajstić information content (AvgIpc) is 3.05. The van der Waals surface area contributed by atoms with Crippen molar-refractivity contribution in [3.8, 4) is 0 Å². The number of hydrogen-bond acceptors (Lipinski definition) is 4. The average molecular weight is 383 g/mol. The van der Waals surface area contributed by atoms with Crippen LogP contribution < -0.4 is 5.73 Å². The third-order valence-corrected chi connectivity index (χ3v) is 5.04. The highest BCUT2D eigenvalue weighted by molar-refractivity contribution is 5.83. The summed E-state index contributed by atoms with van der Waals surface area (Å²) in [5.74, 6) is 1.42. The molecule has 0 bridgehead atoms. The Morgan fingerprint density at radius 1 is 1.36 bits per heavy atom. The van der Waals surface area contributed by atoms with E-state index in [0.717, 1.165) is 72.6 Å². The van der Waals surface area contributed by atoms with Crippen molar-refractivity contribution in [2.45, 2.75) is 39.8 Å². The van der Waals surface area contributed by atoms with E-state index >= 15 is 0 Å². The maximum atomic E-state index is 11.2. The van der Waals surface area contributed by atoms with E-state index in [1.54, 1.807) is 7.05 Å². The van der Waals surface area contributed by atoms with Gasteiger partial charge in [-0.05, 0) is 50.3 Å². The lowest BCUT2D eigenvalue weighted by molar-refractivity contribution is -0.114. The standard InChI is InChI=1S/C22H30N4O2/c1-16(2)10-19(14-25(3)15-27)22-24-20-5-4-18(12-23)11-21(20)26(22)13-17-6-8-28-9-7-17/h4-5,10-11,14-15,17H,6-9,12-13,23H2,1-3H3/b19-14+. The molecule has 1 aliphatic heterocycles. The van der Waals surface area contributed by atoms with E-state index < -0.39 is 0 Å². The van der Waals surface area contributed by atoms with Crippen LogP contribution in [0.15, 0.2) is 36.0 Å². The molecule has 0 aliphatic carbocycles. The van der Waals surface area contributed by atoms with Crippen molar-refractivity contribution in [1.82, 2.24) is 14.5 Å². The molecular weight excluding hydrogens is 352 g/mol. The fraction of sp³-hybridized carbons (Fsp3) is 0.455. The van der Waals surface area contributed by atoms with Gasteiger partial charge < -0.3 is 19.9 Å². The summed E-state index contributed by atoms with van der Waals surface area (Å²) in [7, 11) is 1.74. The maximum Gasteiger partial charge on any atom is 0.213 e. The lowest BCUT2D eigenvalue weighted by Crippen LogP contribution is -2.21. The van der Waals surface area contributed by atoms with E-state index in [1.165, 1.54) is 4.90 Å². The Morgan fingerprint density at radius 2 is 2.11 bits per heavy atom. The zero-order chi connectivity index (χ0) is 20.1. The van der Waals surface area contributed by atoms with Crippen molar-refractivity contribution in [2.24, 2.45) is 11.7 Å². The number of amides is 1. The fourth-order valence-electron chi connectivity index (χ4n) is 3.61. The molecule has 6 heteroatoms. The Balaban J connectivity index is 2.15. The summed E-state index contributed by atoms with van der Waals surface area (Å²) >= 11 is 0. The molecular formula is C22H30N4O2. The first-order valence-electron chi connectivity index (χ1n) is 9.83. The summed E-state index contributed by atoms with van der Waals surface area (Å²) in [6, 6.07) is 6.19. The molecule has 3 rings (SSSR count). The monoisotopic (exact) mass is 382 g/mol. The summed E-state index contributed by atoms with van der Waals surface area (Å²) in [5, 5.41) is 0. The molecule has 0 radical (unpaired) electrons. The molecule has 6 nitrogen and oxygen atoms in total. The Morgan fingerprint density at radius 3 is 2.75 bits per heavy atom. The predicted molar refractivity (Wildman–Crippen MR) is 112 cm³/mol. The highest BCUT2D eigenvalue weighted by atomic mass is 16.5. The first-order chi connectivity index (χ1) is 13.5. The number of imidazole rings is 1. The topological polar surface area (TPSA) is 73.4 Å². The second-order valence-corrected chi connectivity index (χ2v) is 7.71. The van der Waals surface area contributed by atoms with Crippen LogP contribution in [-0.4, -0.2) is 41.1 Å². The zero-order valence-electron chi connectivity index (χ0n) is 17.0. The van der Waals surface area contributed by atoms with Gasteiger partial charge in [0.15, 0.2) is 0 Å². The van der Waals surface area contributed by atoms with Gasteiger partial charge in [0.05, 0.1) is 11.0 Å². The van der Waals surface area contributed by atoms with E-state index in [2.05, 4.69) is 16.7 Å². The van der Waals surface area contributed by atoms with Gasteiger partial charge in [0, 0.05) is 45.1 Å². The van der Waals surface area contributed by atoms with Crippen LogP contribution in [0.1, 0.15) is 38.1 Å². The van der Waals surface area contributed by atoms with Gasteiger partial charge in [-0.2, -0.15) is 0 Å². The van der Waals surface area contributed by atoms with Crippen LogP contribution in [0.4, 0.5) is 0 Å². The molecule has 2 aromatic rings. The van der Waals surface area contributed by atoms with Crippen molar-refractivity contribution in [3.05, 3.63) is 47.4 Å². The van der Waals surface area contributed by atoms with E-state index in [1.807, 2.05) is 32.2 Å². The fourth-order valence-corrected chi connectivity index (χ4v) is 3.61. The molecule has 0 atom stereocenters. The Hall–Kier alpha value is -2.44. The number of fused-ring (bicyclic) bond motifs is 1. The van der Waals surface area contributed by atoms with Gasteiger partial charge in [-0.3, -0.25) is 4.79 Å². The number of benzene rings is 1. The molecule has 1 fully saturated rings. The van der Waals surface area contributed by atoms with Gasteiger partial charge in [0.1, 0.15) is 5.82 Å². The summed E-state index contributed by atoms with van der Waals surface area (Å²) < 4.78 is 7.82. The molecule has 1 aromatic heterocycles. The highest BCUT2D eigenvalue weighted by Gasteiger charge is 2.20. The van der Waals surface area contributed by atoms with Crippen molar-refractivity contribution >= 4 is 23.0 Å². The number of allylic oxidation sites excluding steroid dienone is 3. The smallest absolute Gasteiger partial charge is 0.213 e. The first kappa shape index (κ1) is 20.3.